The number of fused-ring (bicyclic) bond motifs is 1. The fraction of sp³-hybridized carbons (Fsp3) is 0.611. The summed E-state index contributed by atoms with van der Waals surface area (Å²) in [6.45, 7) is 4.41. The van der Waals surface area contributed by atoms with Crippen LogP contribution >= 0.6 is 11.6 Å². The zero-order valence-electron chi connectivity index (χ0n) is 14.1. The maximum Gasteiger partial charge on any atom is 0.238 e. The molecule has 2 aliphatic rings. The van der Waals surface area contributed by atoms with E-state index in [4.69, 9.17) is 21.1 Å². The molecule has 132 valence electrons. The molecule has 1 N–H and O–H groups in total. The lowest BCUT2D eigenvalue weighted by molar-refractivity contribution is -0.118. The first-order chi connectivity index (χ1) is 11.7. The van der Waals surface area contributed by atoms with Crippen LogP contribution in [0.5, 0.6) is 11.5 Å². The SMILES string of the molecule is CCN(CC(=O)Nc1cc2c(cc1Cl)OCCO2)C1CCCCC1. The Morgan fingerprint density at radius 2 is 1.88 bits per heavy atom. The molecule has 1 aliphatic carbocycles. The molecule has 0 saturated heterocycles. The summed E-state index contributed by atoms with van der Waals surface area (Å²) in [6, 6.07) is 3.96. The average Bonchev–Trinajstić information content (AvgIpc) is 2.61. The number of hydrogen-bond donors (Lipinski definition) is 1. The molecule has 1 aromatic rings. The summed E-state index contributed by atoms with van der Waals surface area (Å²) < 4.78 is 11.0. The third-order valence-corrected chi connectivity index (χ3v) is 5.06. The molecule has 1 heterocycles. The van der Waals surface area contributed by atoms with Crippen molar-refractivity contribution in [3.05, 3.63) is 17.2 Å². The van der Waals surface area contributed by atoms with Gasteiger partial charge in [-0.3, -0.25) is 9.69 Å². The second-order valence-electron chi connectivity index (χ2n) is 6.38. The van der Waals surface area contributed by atoms with Gasteiger partial charge in [-0.05, 0) is 19.4 Å². The van der Waals surface area contributed by atoms with Gasteiger partial charge >= 0.3 is 0 Å². The maximum atomic E-state index is 12.5. The molecular weight excluding hydrogens is 328 g/mol. The van der Waals surface area contributed by atoms with E-state index in [1.807, 2.05) is 0 Å². The van der Waals surface area contributed by atoms with Gasteiger partial charge in [-0.2, -0.15) is 0 Å². The Bertz CT molecular complexity index is 588. The van der Waals surface area contributed by atoms with E-state index in [1.54, 1.807) is 12.1 Å². The molecule has 0 aromatic heterocycles. The molecule has 0 unspecified atom stereocenters. The number of amides is 1. The van der Waals surface area contributed by atoms with E-state index in [0.29, 0.717) is 48.0 Å². The number of ether oxygens (including phenoxy) is 2. The molecule has 1 fully saturated rings. The molecule has 5 nitrogen and oxygen atoms in total. The van der Waals surface area contributed by atoms with Crippen LogP contribution in [0.4, 0.5) is 5.69 Å². The van der Waals surface area contributed by atoms with Crippen molar-refractivity contribution in [1.82, 2.24) is 4.90 Å². The van der Waals surface area contributed by atoms with Gasteiger partial charge in [0.25, 0.3) is 0 Å². The van der Waals surface area contributed by atoms with E-state index < -0.39 is 0 Å². The molecule has 0 spiro atoms. The number of halogens is 1. The summed E-state index contributed by atoms with van der Waals surface area (Å²) in [6.07, 6.45) is 6.21. The van der Waals surface area contributed by atoms with Crippen LogP contribution in [0.2, 0.25) is 5.02 Å². The highest BCUT2D eigenvalue weighted by molar-refractivity contribution is 6.34. The standard InChI is InChI=1S/C18H25ClN2O3/c1-2-21(13-6-4-3-5-7-13)12-18(22)20-15-11-17-16(10-14(15)19)23-8-9-24-17/h10-11,13H,2-9,12H2,1H3,(H,20,22). The van der Waals surface area contributed by atoms with Gasteiger partial charge in [0.15, 0.2) is 11.5 Å². The number of anilines is 1. The Morgan fingerprint density at radius 1 is 1.21 bits per heavy atom. The molecule has 0 radical (unpaired) electrons. The summed E-state index contributed by atoms with van der Waals surface area (Å²) in [7, 11) is 0. The quantitative estimate of drug-likeness (QED) is 0.877. The summed E-state index contributed by atoms with van der Waals surface area (Å²) in [4.78, 5) is 14.7. The largest absolute Gasteiger partial charge is 0.486 e. The Hall–Kier alpha value is -1.46. The van der Waals surface area contributed by atoms with Gasteiger partial charge < -0.3 is 14.8 Å². The van der Waals surface area contributed by atoms with Gasteiger partial charge in [-0.15, -0.1) is 0 Å². The van der Waals surface area contributed by atoms with Crippen LogP contribution in [-0.2, 0) is 4.79 Å². The number of hydrogen-bond acceptors (Lipinski definition) is 4. The van der Waals surface area contributed by atoms with Crippen LogP contribution in [0.15, 0.2) is 12.1 Å². The first kappa shape index (κ1) is 17.4. The highest BCUT2D eigenvalue weighted by Gasteiger charge is 2.22. The third-order valence-electron chi connectivity index (χ3n) is 4.75. The van der Waals surface area contributed by atoms with Crippen LogP contribution < -0.4 is 14.8 Å². The van der Waals surface area contributed by atoms with Crippen molar-refractivity contribution in [2.24, 2.45) is 0 Å². The van der Waals surface area contributed by atoms with Crippen molar-refractivity contribution in [1.29, 1.82) is 0 Å². The predicted molar refractivity (Wildman–Crippen MR) is 95.2 cm³/mol. The number of nitrogens with zero attached hydrogens (tertiary/aromatic N) is 1. The molecule has 1 saturated carbocycles. The second-order valence-corrected chi connectivity index (χ2v) is 6.79. The van der Waals surface area contributed by atoms with Crippen molar-refractivity contribution in [3.8, 4) is 11.5 Å². The molecule has 0 bridgehead atoms. The van der Waals surface area contributed by atoms with Crippen LogP contribution in [0.1, 0.15) is 39.0 Å². The lowest BCUT2D eigenvalue weighted by Crippen LogP contribution is -2.41. The average molecular weight is 353 g/mol. The lowest BCUT2D eigenvalue weighted by Gasteiger charge is -2.33. The molecule has 24 heavy (non-hydrogen) atoms. The Balaban J connectivity index is 1.63. The van der Waals surface area contributed by atoms with Crippen LogP contribution in [0, 0.1) is 0 Å². The molecule has 1 aromatic carbocycles. The smallest absolute Gasteiger partial charge is 0.238 e. The molecule has 6 heteroatoms. The number of benzene rings is 1. The Kier molecular flexibility index (Phi) is 5.85. The third kappa shape index (κ3) is 4.14. The Labute approximate surface area is 148 Å². The van der Waals surface area contributed by atoms with E-state index in [9.17, 15) is 4.79 Å². The second kappa shape index (κ2) is 8.08. The molecule has 1 amide bonds. The summed E-state index contributed by atoms with van der Waals surface area (Å²) in [5, 5.41) is 3.38. The molecular formula is C18H25ClN2O3. The maximum absolute atomic E-state index is 12.5. The first-order valence-corrected chi connectivity index (χ1v) is 9.18. The molecule has 1 aliphatic heterocycles. The predicted octanol–water partition coefficient (Wildman–Crippen LogP) is 3.70. The fourth-order valence-corrected chi connectivity index (χ4v) is 3.68. The topological polar surface area (TPSA) is 50.8 Å². The van der Waals surface area contributed by atoms with E-state index >= 15 is 0 Å². The summed E-state index contributed by atoms with van der Waals surface area (Å²) in [5.41, 5.74) is 0.575. The fourth-order valence-electron chi connectivity index (χ4n) is 3.48. The highest BCUT2D eigenvalue weighted by Crippen LogP contribution is 2.38. The van der Waals surface area contributed by atoms with Gasteiger partial charge in [0, 0.05) is 18.2 Å². The first-order valence-electron chi connectivity index (χ1n) is 8.80. The van der Waals surface area contributed by atoms with Crippen molar-refractivity contribution in [2.75, 3.05) is 31.6 Å². The van der Waals surface area contributed by atoms with Crippen molar-refractivity contribution in [3.63, 3.8) is 0 Å². The van der Waals surface area contributed by atoms with Crippen LogP contribution in [-0.4, -0.2) is 43.2 Å². The normalized spacial score (nSPS) is 17.8. The van der Waals surface area contributed by atoms with Gasteiger partial charge in [0.05, 0.1) is 17.3 Å². The zero-order chi connectivity index (χ0) is 16.9. The van der Waals surface area contributed by atoms with Crippen molar-refractivity contribution >= 4 is 23.2 Å². The minimum absolute atomic E-state index is 0.0407. The number of likely N-dealkylation sites (N-methyl/N-ethyl adjacent to an activating group) is 1. The monoisotopic (exact) mass is 352 g/mol. The van der Waals surface area contributed by atoms with Gasteiger partial charge in [-0.25, -0.2) is 0 Å². The van der Waals surface area contributed by atoms with Crippen LogP contribution in [0.25, 0.3) is 0 Å². The van der Waals surface area contributed by atoms with Gasteiger partial charge in [0.1, 0.15) is 13.2 Å². The number of carbonyl (C=O) groups is 1. The van der Waals surface area contributed by atoms with E-state index in [0.717, 1.165) is 6.54 Å². The zero-order valence-corrected chi connectivity index (χ0v) is 14.9. The van der Waals surface area contributed by atoms with Crippen molar-refractivity contribution < 1.29 is 14.3 Å². The summed E-state index contributed by atoms with van der Waals surface area (Å²) in [5.74, 6) is 1.21. The van der Waals surface area contributed by atoms with E-state index in [1.165, 1.54) is 32.1 Å². The van der Waals surface area contributed by atoms with Gasteiger partial charge in [-0.1, -0.05) is 37.8 Å². The van der Waals surface area contributed by atoms with Crippen molar-refractivity contribution in [2.45, 2.75) is 45.1 Å². The number of carbonyl (C=O) groups excluding carboxylic acids is 1. The molecule has 3 rings (SSSR count). The lowest BCUT2D eigenvalue weighted by atomic mass is 9.94. The highest BCUT2D eigenvalue weighted by atomic mass is 35.5. The molecule has 0 atom stereocenters. The Morgan fingerprint density at radius 3 is 2.54 bits per heavy atom. The van der Waals surface area contributed by atoms with E-state index in [-0.39, 0.29) is 5.91 Å². The van der Waals surface area contributed by atoms with E-state index in [2.05, 4.69) is 17.1 Å². The number of rotatable bonds is 5. The minimum atomic E-state index is -0.0407. The van der Waals surface area contributed by atoms with Crippen LogP contribution in [0.3, 0.4) is 0 Å². The number of nitrogens with one attached hydrogen (secondary N) is 1. The summed E-state index contributed by atoms with van der Waals surface area (Å²) >= 11 is 6.26. The van der Waals surface area contributed by atoms with Gasteiger partial charge in [0.2, 0.25) is 5.91 Å². The minimum Gasteiger partial charge on any atom is -0.486 e.